The van der Waals surface area contributed by atoms with E-state index in [1.807, 2.05) is 0 Å². The average Bonchev–Trinajstić information content (AvgIpc) is 2.49. The van der Waals surface area contributed by atoms with Gasteiger partial charge in [0.05, 0.1) is 0 Å². The van der Waals surface area contributed by atoms with Crippen LogP contribution in [0.2, 0.25) is 0 Å². The molecule has 0 saturated carbocycles. The highest BCUT2D eigenvalue weighted by Crippen LogP contribution is 2.39. The maximum Gasteiger partial charge on any atom is 0.0488 e. The number of fused-ring (bicyclic) bond motifs is 3. The van der Waals surface area contributed by atoms with Gasteiger partial charge in [0.2, 0.25) is 0 Å². The molecule has 1 atom stereocenters. The molecule has 1 unspecified atom stereocenters. The van der Waals surface area contributed by atoms with E-state index in [2.05, 4.69) is 21.6 Å². The first-order valence-corrected chi connectivity index (χ1v) is 8.18. The van der Waals surface area contributed by atoms with Crippen molar-refractivity contribution in [2.24, 2.45) is 11.7 Å². The van der Waals surface area contributed by atoms with E-state index in [0.717, 1.165) is 12.5 Å². The van der Waals surface area contributed by atoms with Crippen molar-refractivity contribution in [3.63, 3.8) is 0 Å². The molecular weight excluding hydrogens is 236 g/mol. The maximum absolute atomic E-state index is 6.27. The van der Waals surface area contributed by atoms with E-state index < -0.39 is 0 Å². The molecule has 0 aromatic rings. The summed E-state index contributed by atoms with van der Waals surface area (Å²) in [6.45, 7) is 13.2. The summed E-state index contributed by atoms with van der Waals surface area (Å²) in [4.78, 5) is 8.00. The predicted molar refractivity (Wildman–Crippen MR) is 79.3 cm³/mol. The summed E-state index contributed by atoms with van der Waals surface area (Å²) in [7, 11) is 0. The molecule has 2 N–H and O–H groups in total. The Bertz CT molecular complexity index is 293. The smallest absolute Gasteiger partial charge is 0.0488 e. The van der Waals surface area contributed by atoms with E-state index >= 15 is 0 Å². The van der Waals surface area contributed by atoms with Crippen LogP contribution < -0.4 is 5.73 Å². The Labute approximate surface area is 117 Å². The molecule has 4 rings (SSSR count). The van der Waals surface area contributed by atoms with E-state index in [0.29, 0.717) is 5.54 Å². The van der Waals surface area contributed by atoms with E-state index in [4.69, 9.17) is 5.73 Å². The lowest BCUT2D eigenvalue weighted by Crippen LogP contribution is -2.72. The van der Waals surface area contributed by atoms with Crippen LogP contribution in [0, 0.1) is 5.92 Å². The van der Waals surface area contributed by atoms with Crippen molar-refractivity contribution in [2.45, 2.75) is 31.7 Å². The Morgan fingerprint density at radius 3 is 2.21 bits per heavy atom. The molecule has 0 aliphatic carbocycles. The third-order valence-electron chi connectivity index (χ3n) is 5.74. The van der Waals surface area contributed by atoms with Crippen LogP contribution in [0.3, 0.4) is 0 Å². The molecular formula is C15H30N4. The molecule has 4 aliphatic rings. The largest absolute Gasteiger partial charge is 0.329 e. The first-order valence-electron chi connectivity index (χ1n) is 8.18. The van der Waals surface area contributed by atoms with Gasteiger partial charge in [0, 0.05) is 44.8 Å². The summed E-state index contributed by atoms with van der Waals surface area (Å²) in [5.74, 6) is 0.847. The van der Waals surface area contributed by atoms with Crippen LogP contribution >= 0.6 is 0 Å². The molecule has 0 aromatic carbocycles. The highest BCUT2D eigenvalue weighted by atomic mass is 15.3. The monoisotopic (exact) mass is 266 g/mol. The van der Waals surface area contributed by atoms with Gasteiger partial charge in [-0.05, 0) is 44.8 Å². The first-order chi connectivity index (χ1) is 9.28. The fourth-order valence-electron chi connectivity index (χ4n) is 4.60. The van der Waals surface area contributed by atoms with Crippen LogP contribution in [-0.2, 0) is 0 Å². The van der Waals surface area contributed by atoms with Crippen molar-refractivity contribution in [1.29, 1.82) is 0 Å². The lowest BCUT2D eigenvalue weighted by Gasteiger charge is -2.59. The second kappa shape index (κ2) is 5.68. The Morgan fingerprint density at radius 2 is 1.74 bits per heavy atom. The van der Waals surface area contributed by atoms with Gasteiger partial charge in [0.1, 0.15) is 0 Å². The Morgan fingerprint density at radius 1 is 1.05 bits per heavy atom. The van der Waals surface area contributed by atoms with Crippen LogP contribution in [0.25, 0.3) is 0 Å². The minimum absolute atomic E-state index is 0.300. The molecule has 19 heavy (non-hydrogen) atoms. The fraction of sp³-hybridized carbons (Fsp3) is 1.00. The minimum atomic E-state index is 0.300. The van der Waals surface area contributed by atoms with Crippen molar-refractivity contribution in [3.05, 3.63) is 0 Å². The van der Waals surface area contributed by atoms with Gasteiger partial charge < -0.3 is 15.5 Å². The normalized spacial score (nSPS) is 40.7. The molecule has 4 fully saturated rings. The van der Waals surface area contributed by atoms with Gasteiger partial charge in [-0.25, -0.2) is 0 Å². The Kier molecular flexibility index (Phi) is 4.13. The van der Waals surface area contributed by atoms with Crippen LogP contribution in [0.4, 0.5) is 0 Å². The number of nitrogens with zero attached hydrogens (tertiary/aromatic N) is 3. The van der Waals surface area contributed by atoms with Crippen LogP contribution in [-0.4, -0.2) is 79.1 Å². The van der Waals surface area contributed by atoms with Gasteiger partial charge in [0.25, 0.3) is 0 Å². The van der Waals surface area contributed by atoms with Gasteiger partial charge in [-0.15, -0.1) is 0 Å². The van der Waals surface area contributed by atoms with Gasteiger partial charge >= 0.3 is 0 Å². The second-order valence-electron chi connectivity index (χ2n) is 6.69. The molecule has 2 bridgehead atoms. The molecule has 110 valence electrons. The number of piperidine rings is 3. The predicted octanol–water partition coefficient (Wildman–Crippen LogP) is 0.437. The minimum Gasteiger partial charge on any atom is -0.329 e. The summed E-state index contributed by atoms with van der Waals surface area (Å²) in [6.07, 6.45) is 4.01. The number of nitrogens with two attached hydrogens (primary N) is 1. The number of hydrogen-bond acceptors (Lipinski definition) is 4. The quantitative estimate of drug-likeness (QED) is 0.801. The molecule has 4 nitrogen and oxygen atoms in total. The Hall–Kier alpha value is -0.160. The van der Waals surface area contributed by atoms with Crippen molar-refractivity contribution in [1.82, 2.24) is 14.7 Å². The third kappa shape index (κ3) is 2.44. The molecule has 4 saturated heterocycles. The number of hydrogen-bond donors (Lipinski definition) is 1. The average molecular weight is 266 g/mol. The summed E-state index contributed by atoms with van der Waals surface area (Å²) in [5.41, 5.74) is 6.57. The Balaban J connectivity index is 1.66. The van der Waals surface area contributed by atoms with E-state index in [-0.39, 0.29) is 0 Å². The highest BCUT2D eigenvalue weighted by molar-refractivity contribution is 5.06. The molecule has 4 aliphatic heterocycles. The van der Waals surface area contributed by atoms with E-state index in [9.17, 15) is 0 Å². The fourth-order valence-corrected chi connectivity index (χ4v) is 4.60. The van der Waals surface area contributed by atoms with Crippen LogP contribution in [0.5, 0.6) is 0 Å². The highest BCUT2D eigenvalue weighted by Gasteiger charge is 2.49. The lowest BCUT2D eigenvalue weighted by atomic mass is 9.71. The van der Waals surface area contributed by atoms with Gasteiger partial charge in [-0.2, -0.15) is 0 Å². The summed E-state index contributed by atoms with van der Waals surface area (Å²) >= 11 is 0. The van der Waals surface area contributed by atoms with Gasteiger partial charge in [-0.3, -0.25) is 4.90 Å². The summed E-state index contributed by atoms with van der Waals surface area (Å²) in [5, 5.41) is 0. The molecule has 0 spiro atoms. The molecule has 0 radical (unpaired) electrons. The van der Waals surface area contributed by atoms with Crippen molar-refractivity contribution < 1.29 is 0 Å². The van der Waals surface area contributed by atoms with Crippen LogP contribution in [0.15, 0.2) is 0 Å². The zero-order chi connectivity index (χ0) is 13.3. The maximum atomic E-state index is 6.27. The van der Waals surface area contributed by atoms with Gasteiger partial charge in [-0.1, -0.05) is 6.92 Å². The van der Waals surface area contributed by atoms with Crippen molar-refractivity contribution >= 4 is 0 Å². The topological polar surface area (TPSA) is 35.7 Å². The number of rotatable bonds is 4. The SMILES string of the molecule is CCCN1CCN(C2(CN)CN3CCC2CC3)CC1. The zero-order valence-corrected chi connectivity index (χ0v) is 12.5. The van der Waals surface area contributed by atoms with Crippen molar-refractivity contribution in [2.75, 3.05) is 58.9 Å². The second-order valence-corrected chi connectivity index (χ2v) is 6.69. The molecule has 4 heterocycles. The first kappa shape index (κ1) is 13.8. The summed E-state index contributed by atoms with van der Waals surface area (Å²) in [6, 6.07) is 0. The van der Waals surface area contributed by atoms with Crippen LogP contribution in [0.1, 0.15) is 26.2 Å². The van der Waals surface area contributed by atoms with Gasteiger partial charge in [0.15, 0.2) is 0 Å². The molecule has 0 amide bonds. The number of piperazine rings is 1. The molecule has 0 aromatic heterocycles. The van der Waals surface area contributed by atoms with E-state index in [1.165, 1.54) is 71.6 Å². The molecule has 4 heteroatoms. The third-order valence-corrected chi connectivity index (χ3v) is 5.74. The zero-order valence-electron chi connectivity index (χ0n) is 12.5. The standard InChI is InChI=1S/C15H30N4/c1-2-5-17-8-10-19(11-9-17)15(12-16)13-18-6-3-14(15)4-7-18/h14H,2-13,16H2,1H3. The summed E-state index contributed by atoms with van der Waals surface area (Å²) < 4.78 is 0. The lowest BCUT2D eigenvalue weighted by molar-refractivity contribution is -0.0821. The van der Waals surface area contributed by atoms with Crippen molar-refractivity contribution in [3.8, 4) is 0 Å². The van der Waals surface area contributed by atoms with E-state index in [1.54, 1.807) is 0 Å².